The molecule has 114 valence electrons. The zero-order valence-electron chi connectivity index (χ0n) is 12.6. The molecular formula is C15H22N4O2. The van der Waals surface area contributed by atoms with Crippen LogP contribution in [0, 0.1) is 0 Å². The number of aromatic nitrogens is 2. The predicted molar refractivity (Wildman–Crippen MR) is 82.7 cm³/mol. The Kier molecular flexibility index (Phi) is 4.47. The minimum Gasteiger partial charge on any atom is -0.399 e. The van der Waals surface area contributed by atoms with Gasteiger partial charge in [-0.25, -0.2) is 4.98 Å². The highest BCUT2D eigenvalue weighted by atomic mass is 16.3. The van der Waals surface area contributed by atoms with E-state index < -0.39 is 6.10 Å². The first-order chi connectivity index (χ1) is 9.88. The molecule has 0 radical (unpaired) electrons. The number of nitrogens with zero attached hydrogens (tertiary/aromatic N) is 2. The number of carbonyl (C=O) groups is 1. The second kappa shape index (κ2) is 6.13. The van der Waals surface area contributed by atoms with Gasteiger partial charge in [-0.05, 0) is 39.0 Å². The van der Waals surface area contributed by atoms with Gasteiger partial charge in [-0.15, -0.1) is 0 Å². The van der Waals surface area contributed by atoms with Crippen molar-refractivity contribution in [2.24, 2.45) is 0 Å². The molecule has 1 unspecified atom stereocenters. The molecule has 1 aromatic carbocycles. The summed E-state index contributed by atoms with van der Waals surface area (Å²) in [6.07, 6.45) is -0.361. The summed E-state index contributed by atoms with van der Waals surface area (Å²) in [6, 6.07) is 5.55. The number of aliphatic hydroxyl groups excluding tert-OH is 1. The number of hydrogen-bond acceptors (Lipinski definition) is 4. The summed E-state index contributed by atoms with van der Waals surface area (Å²) >= 11 is 0. The van der Waals surface area contributed by atoms with Gasteiger partial charge in [0.15, 0.2) is 0 Å². The Morgan fingerprint density at radius 3 is 2.76 bits per heavy atom. The molecule has 1 heterocycles. The number of nitrogen functional groups attached to an aromatic ring is 1. The number of hydrogen-bond donors (Lipinski definition) is 3. The van der Waals surface area contributed by atoms with Gasteiger partial charge in [0, 0.05) is 24.7 Å². The number of anilines is 1. The summed E-state index contributed by atoms with van der Waals surface area (Å²) in [5.74, 6) is 0.534. The summed E-state index contributed by atoms with van der Waals surface area (Å²) in [4.78, 5) is 16.2. The maximum Gasteiger partial charge on any atom is 0.221 e. The maximum atomic E-state index is 11.8. The molecule has 1 amide bonds. The molecule has 0 saturated heterocycles. The Labute approximate surface area is 124 Å². The zero-order chi connectivity index (χ0) is 15.6. The number of rotatable bonds is 5. The lowest BCUT2D eigenvalue weighted by atomic mass is 10.2. The van der Waals surface area contributed by atoms with Crippen molar-refractivity contribution in [2.45, 2.75) is 45.9 Å². The molecule has 0 aliphatic carbocycles. The van der Waals surface area contributed by atoms with E-state index in [0.717, 1.165) is 11.0 Å². The molecule has 1 aromatic heterocycles. The minimum atomic E-state index is -0.702. The number of nitrogens with one attached hydrogen (secondary N) is 1. The Bertz CT molecular complexity index is 646. The van der Waals surface area contributed by atoms with E-state index in [1.807, 2.05) is 24.5 Å². The standard InChI is InChI=1S/C15H22N4O2/c1-9(2)17-14(21)6-7-19-13-5-4-11(16)8-12(13)18-15(19)10(3)20/h4-5,8-10,20H,6-7,16H2,1-3H3,(H,17,21). The number of aryl methyl sites for hydroxylation is 1. The van der Waals surface area contributed by atoms with Crippen molar-refractivity contribution in [1.82, 2.24) is 14.9 Å². The van der Waals surface area contributed by atoms with Gasteiger partial charge < -0.3 is 20.7 Å². The van der Waals surface area contributed by atoms with Gasteiger partial charge in [-0.2, -0.15) is 0 Å². The number of amides is 1. The van der Waals surface area contributed by atoms with Crippen LogP contribution in [0.1, 0.15) is 39.1 Å². The largest absolute Gasteiger partial charge is 0.399 e. The highest BCUT2D eigenvalue weighted by molar-refractivity contribution is 5.80. The predicted octanol–water partition coefficient (Wildman–Crippen LogP) is 1.59. The molecule has 4 N–H and O–H groups in total. The van der Waals surface area contributed by atoms with Crippen molar-refractivity contribution in [3.8, 4) is 0 Å². The van der Waals surface area contributed by atoms with E-state index in [2.05, 4.69) is 10.3 Å². The molecule has 6 nitrogen and oxygen atoms in total. The van der Waals surface area contributed by atoms with E-state index in [1.54, 1.807) is 19.1 Å². The number of aliphatic hydroxyl groups is 1. The highest BCUT2D eigenvalue weighted by Crippen LogP contribution is 2.23. The van der Waals surface area contributed by atoms with E-state index >= 15 is 0 Å². The molecule has 0 saturated carbocycles. The molecular weight excluding hydrogens is 268 g/mol. The molecule has 0 fully saturated rings. The highest BCUT2D eigenvalue weighted by Gasteiger charge is 2.16. The van der Waals surface area contributed by atoms with E-state index in [9.17, 15) is 9.90 Å². The second-order valence-electron chi connectivity index (χ2n) is 5.52. The molecule has 2 aromatic rings. The fraction of sp³-hybridized carbons (Fsp3) is 0.467. The lowest BCUT2D eigenvalue weighted by Crippen LogP contribution is -2.30. The molecule has 0 aliphatic rings. The third kappa shape index (κ3) is 3.52. The summed E-state index contributed by atoms with van der Waals surface area (Å²) in [7, 11) is 0. The zero-order valence-corrected chi connectivity index (χ0v) is 12.6. The number of benzene rings is 1. The Balaban J connectivity index is 2.28. The summed E-state index contributed by atoms with van der Waals surface area (Å²) in [6.45, 7) is 5.98. The summed E-state index contributed by atoms with van der Waals surface area (Å²) in [5, 5.41) is 12.7. The Morgan fingerprint density at radius 2 is 2.14 bits per heavy atom. The smallest absolute Gasteiger partial charge is 0.221 e. The van der Waals surface area contributed by atoms with Gasteiger partial charge >= 0.3 is 0 Å². The van der Waals surface area contributed by atoms with Gasteiger partial charge in [-0.1, -0.05) is 0 Å². The lowest BCUT2D eigenvalue weighted by Gasteiger charge is -2.12. The van der Waals surface area contributed by atoms with Crippen molar-refractivity contribution < 1.29 is 9.90 Å². The topological polar surface area (TPSA) is 93.2 Å². The fourth-order valence-corrected chi connectivity index (χ4v) is 2.33. The number of nitrogens with two attached hydrogens (primary N) is 1. The maximum absolute atomic E-state index is 11.8. The van der Waals surface area contributed by atoms with Crippen molar-refractivity contribution in [3.63, 3.8) is 0 Å². The molecule has 0 bridgehead atoms. The molecule has 2 rings (SSSR count). The normalized spacial score (nSPS) is 12.8. The van der Waals surface area contributed by atoms with Crippen molar-refractivity contribution >= 4 is 22.6 Å². The first-order valence-corrected chi connectivity index (χ1v) is 7.11. The van der Waals surface area contributed by atoms with Crippen molar-refractivity contribution in [1.29, 1.82) is 0 Å². The summed E-state index contributed by atoms with van der Waals surface area (Å²) < 4.78 is 1.87. The third-order valence-corrected chi connectivity index (χ3v) is 3.19. The van der Waals surface area contributed by atoms with Gasteiger partial charge in [0.05, 0.1) is 11.0 Å². The summed E-state index contributed by atoms with van der Waals surface area (Å²) in [5.41, 5.74) is 7.99. The molecule has 6 heteroatoms. The Morgan fingerprint density at radius 1 is 1.43 bits per heavy atom. The molecule has 1 atom stereocenters. The van der Waals surface area contributed by atoms with E-state index in [4.69, 9.17) is 5.73 Å². The lowest BCUT2D eigenvalue weighted by molar-refractivity contribution is -0.121. The third-order valence-electron chi connectivity index (χ3n) is 3.19. The van der Waals surface area contributed by atoms with Crippen molar-refractivity contribution in [3.05, 3.63) is 24.0 Å². The van der Waals surface area contributed by atoms with Crippen LogP contribution in [0.5, 0.6) is 0 Å². The molecule has 0 spiro atoms. The van der Waals surface area contributed by atoms with Crippen molar-refractivity contribution in [2.75, 3.05) is 5.73 Å². The van der Waals surface area contributed by atoms with Gasteiger partial charge in [0.2, 0.25) is 5.91 Å². The van der Waals surface area contributed by atoms with Crippen LogP contribution >= 0.6 is 0 Å². The molecule has 0 aliphatic heterocycles. The van der Waals surface area contributed by atoms with E-state index in [0.29, 0.717) is 24.5 Å². The fourth-order valence-electron chi connectivity index (χ4n) is 2.33. The average molecular weight is 290 g/mol. The van der Waals surface area contributed by atoms with Gasteiger partial charge in [0.25, 0.3) is 0 Å². The number of fused-ring (bicyclic) bond motifs is 1. The molecule has 21 heavy (non-hydrogen) atoms. The van der Waals surface area contributed by atoms with E-state index in [1.165, 1.54) is 0 Å². The van der Waals surface area contributed by atoms with Gasteiger partial charge in [-0.3, -0.25) is 4.79 Å². The van der Waals surface area contributed by atoms with Crippen LogP contribution in [0.2, 0.25) is 0 Å². The van der Waals surface area contributed by atoms with E-state index in [-0.39, 0.29) is 11.9 Å². The van der Waals surface area contributed by atoms with Crippen LogP contribution in [-0.2, 0) is 11.3 Å². The van der Waals surface area contributed by atoms with Crippen LogP contribution in [0.4, 0.5) is 5.69 Å². The SMILES string of the molecule is CC(C)NC(=O)CCn1c(C(C)O)nc2cc(N)ccc21. The first-order valence-electron chi connectivity index (χ1n) is 7.11. The van der Waals surface area contributed by atoms with Crippen LogP contribution < -0.4 is 11.1 Å². The first kappa shape index (κ1) is 15.3. The average Bonchev–Trinajstić information content (AvgIpc) is 2.73. The quantitative estimate of drug-likeness (QED) is 0.729. The van der Waals surface area contributed by atoms with Crippen LogP contribution in [0.15, 0.2) is 18.2 Å². The monoisotopic (exact) mass is 290 g/mol. The Hall–Kier alpha value is -2.08. The minimum absolute atomic E-state index is 0.0150. The van der Waals surface area contributed by atoms with Crippen LogP contribution in [0.25, 0.3) is 11.0 Å². The van der Waals surface area contributed by atoms with Crippen LogP contribution in [-0.4, -0.2) is 26.6 Å². The number of carbonyl (C=O) groups excluding carboxylic acids is 1. The second-order valence-corrected chi connectivity index (χ2v) is 5.52. The van der Waals surface area contributed by atoms with Crippen LogP contribution in [0.3, 0.4) is 0 Å². The number of imidazole rings is 1. The van der Waals surface area contributed by atoms with Gasteiger partial charge in [0.1, 0.15) is 11.9 Å².